The second-order valence-electron chi connectivity index (χ2n) is 3.90. The molecule has 0 heterocycles. The van der Waals surface area contributed by atoms with Crippen LogP contribution in [0.25, 0.3) is 0 Å². The molecule has 0 aromatic heterocycles. The Hall–Kier alpha value is -0.890. The van der Waals surface area contributed by atoms with Gasteiger partial charge in [-0.25, -0.2) is 0 Å². The first-order valence-electron chi connectivity index (χ1n) is 5.38. The Morgan fingerprint density at radius 2 is 1.61 bits per heavy atom. The van der Waals surface area contributed by atoms with Gasteiger partial charge in [0.15, 0.2) is 0 Å². The van der Waals surface area contributed by atoms with Crippen molar-refractivity contribution in [3.8, 4) is 11.5 Å². The second-order valence-corrected chi connectivity index (χ2v) is 4.98. The number of alkyl halides is 1. The molecule has 0 aliphatic rings. The van der Waals surface area contributed by atoms with Crippen LogP contribution in [0.2, 0.25) is 10.0 Å². The molecule has 4 heteroatoms. The first-order valence-corrected chi connectivity index (χ1v) is 6.67. The van der Waals surface area contributed by atoms with Crippen LogP contribution in [-0.2, 0) is 5.88 Å². The molecule has 0 radical (unpaired) electrons. The van der Waals surface area contributed by atoms with Crippen LogP contribution in [0.5, 0.6) is 11.5 Å². The van der Waals surface area contributed by atoms with E-state index < -0.39 is 0 Å². The van der Waals surface area contributed by atoms with Gasteiger partial charge in [-0.1, -0.05) is 29.3 Å². The molecule has 0 amide bonds. The highest BCUT2D eigenvalue weighted by atomic mass is 35.5. The lowest BCUT2D eigenvalue weighted by molar-refractivity contribution is 0.482. The summed E-state index contributed by atoms with van der Waals surface area (Å²) in [4.78, 5) is 0. The second kappa shape index (κ2) is 5.83. The molecule has 2 aromatic rings. The molecule has 0 saturated carbocycles. The molecule has 0 unspecified atom stereocenters. The van der Waals surface area contributed by atoms with Gasteiger partial charge in [-0.05, 0) is 42.3 Å². The van der Waals surface area contributed by atoms with Crippen LogP contribution in [0.15, 0.2) is 36.4 Å². The number of aryl methyl sites for hydroxylation is 1. The van der Waals surface area contributed by atoms with Crippen molar-refractivity contribution >= 4 is 34.8 Å². The molecule has 0 fully saturated rings. The van der Waals surface area contributed by atoms with Crippen molar-refractivity contribution in [3.63, 3.8) is 0 Å². The Bertz CT molecular complexity index is 567. The zero-order valence-corrected chi connectivity index (χ0v) is 12.0. The molecule has 1 nitrogen and oxygen atoms in total. The van der Waals surface area contributed by atoms with Crippen LogP contribution in [0, 0.1) is 6.92 Å². The molecule has 0 N–H and O–H groups in total. The standard InChI is InChI=1S/C14H11Cl3O/c1-9-6-11(3-2-10(9)8-15)18-12-4-5-13(16)14(17)7-12/h2-7H,8H2,1H3. The van der Waals surface area contributed by atoms with E-state index in [0.717, 1.165) is 16.9 Å². The molecule has 0 bridgehead atoms. The minimum absolute atomic E-state index is 0.475. The number of hydrogen-bond donors (Lipinski definition) is 0. The van der Waals surface area contributed by atoms with Crippen molar-refractivity contribution < 1.29 is 4.74 Å². The van der Waals surface area contributed by atoms with Gasteiger partial charge < -0.3 is 4.74 Å². The van der Waals surface area contributed by atoms with Crippen LogP contribution in [0.4, 0.5) is 0 Å². The normalized spacial score (nSPS) is 10.4. The van der Waals surface area contributed by atoms with E-state index in [1.165, 1.54) is 0 Å². The van der Waals surface area contributed by atoms with Crippen molar-refractivity contribution in [1.82, 2.24) is 0 Å². The maximum absolute atomic E-state index is 5.93. The Morgan fingerprint density at radius 3 is 2.22 bits per heavy atom. The van der Waals surface area contributed by atoms with Crippen molar-refractivity contribution in [3.05, 3.63) is 57.6 Å². The van der Waals surface area contributed by atoms with Gasteiger partial charge in [0.25, 0.3) is 0 Å². The maximum atomic E-state index is 5.93. The van der Waals surface area contributed by atoms with E-state index in [-0.39, 0.29) is 0 Å². The Balaban J connectivity index is 2.23. The summed E-state index contributed by atoms with van der Waals surface area (Å²) in [6.07, 6.45) is 0. The Kier molecular flexibility index (Phi) is 4.39. The van der Waals surface area contributed by atoms with Crippen LogP contribution in [0.3, 0.4) is 0 Å². The van der Waals surface area contributed by atoms with Crippen LogP contribution < -0.4 is 4.74 Å². The summed E-state index contributed by atoms with van der Waals surface area (Å²) in [6, 6.07) is 11.0. The van der Waals surface area contributed by atoms with Gasteiger partial charge in [0.05, 0.1) is 10.0 Å². The molecule has 18 heavy (non-hydrogen) atoms. The summed E-state index contributed by atoms with van der Waals surface area (Å²) in [5.74, 6) is 1.90. The van der Waals surface area contributed by atoms with E-state index >= 15 is 0 Å². The summed E-state index contributed by atoms with van der Waals surface area (Å²) in [7, 11) is 0. The molecule has 0 aliphatic heterocycles. The largest absolute Gasteiger partial charge is 0.457 e. The molecule has 2 rings (SSSR count). The van der Waals surface area contributed by atoms with Crippen molar-refractivity contribution in [2.45, 2.75) is 12.8 Å². The van der Waals surface area contributed by atoms with E-state index in [2.05, 4.69) is 0 Å². The fourth-order valence-electron chi connectivity index (χ4n) is 1.56. The minimum Gasteiger partial charge on any atom is -0.457 e. The number of benzene rings is 2. The summed E-state index contributed by atoms with van der Waals surface area (Å²) in [5.41, 5.74) is 2.20. The molecule has 0 spiro atoms. The lowest BCUT2D eigenvalue weighted by Crippen LogP contribution is -1.88. The molecular formula is C14H11Cl3O. The highest BCUT2D eigenvalue weighted by Crippen LogP contribution is 2.30. The Morgan fingerprint density at radius 1 is 0.944 bits per heavy atom. The van der Waals surface area contributed by atoms with Gasteiger partial charge >= 0.3 is 0 Å². The van der Waals surface area contributed by atoms with E-state index in [1.807, 2.05) is 25.1 Å². The van der Waals surface area contributed by atoms with Crippen molar-refractivity contribution in [1.29, 1.82) is 0 Å². The van der Waals surface area contributed by atoms with Gasteiger partial charge in [0.2, 0.25) is 0 Å². The topological polar surface area (TPSA) is 9.23 Å². The smallest absolute Gasteiger partial charge is 0.129 e. The predicted molar refractivity (Wildman–Crippen MR) is 77.3 cm³/mol. The summed E-state index contributed by atoms with van der Waals surface area (Å²) >= 11 is 17.6. The summed E-state index contributed by atoms with van der Waals surface area (Å²) < 4.78 is 5.71. The molecule has 0 atom stereocenters. The van der Waals surface area contributed by atoms with Gasteiger partial charge in [-0.3, -0.25) is 0 Å². The predicted octanol–water partition coefficient (Wildman–Crippen LogP) is 5.83. The molecule has 0 aliphatic carbocycles. The number of ether oxygens (including phenoxy) is 1. The van der Waals surface area contributed by atoms with Gasteiger partial charge in [0.1, 0.15) is 11.5 Å². The molecule has 0 saturated heterocycles. The van der Waals surface area contributed by atoms with E-state index in [9.17, 15) is 0 Å². The lowest BCUT2D eigenvalue weighted by atomic mass is 10.1. The third kappa shape index (κ3) is 3.11. The van der Waals surface area contributed by atoms with Crippen molar-refractivity contribution in [2.24, 2.45) is 0 Å². The quantitative estimate of drug-likeness (QED) is 0.648. The van der Waals surface area contributed by atoms with E-state index in [1.54, 1.807) is 18.2 Å². The zero-order valence-electron chi connectivity index (χ0n) is 9.71. The Labute approximate surface area is 121 Å². The lowest BCUT2D eigenvalue weighted by Gasteiger charge is -2.09. The summed E-state index contributed by atoms with van der Waals surface area (Å²) in [6.45, 7) is 2.00. The maximum Gasteiger partial charge on any atom is 0.129 e. The van der Waals surface area contributed by atoms with Gasteiger partial charge in [-0.15, -0.1) is 11.6 Å². The summed E-state index contributed by atoms with van der Waals surface area (Å²) in [5, 5.41) is 0.987. The number of halogens is 3. The van der Waals surface area contributed by atoms with E-state index in [4.69, 9.17) is 39.5 Å². The van der Waals surface area contributed by atoms with Crippen LogP contribution >= 0.6 is 34.8 Å². The fourth-order valence-corrected chi connectivity index (χ4v) is 2.15. The first kappa shape index (κ1) is 13.5. The van der Waals surface area contributed by atoms with Gasteiger partial charge in [0, 0.05) is 11.9 Å². The van der Waals surface area contributed by atoms with Gasteiger partial charge in [-0.2, -0.15) is 0 Å². The molecule has 2 aromatic carbocycles. The monoisotopic (exact) mass is 300 g/mol. The highest BCUT2D eigenvalue weighted by molar-refractivity contribution is 6.42. The average Bonchev–Trinajstić information content (AvgIpc) is 2.34. The molecule has 94 valence electrons. The van der Waals surface area contributed by atoms with Crippen LogP contribution in [-0.4, -0.2) is 0 Å². The highest BCUT2D eigenvalue weighted by Gasteiger charge is 2.04. The number of rotatable bonds is 3. The van der Waals surface area contributed by atoms with Crippen LogP contribution in [0.1, 0.15) is 11.1 Å². The van der Waals surface area contributed by atoms with E-state index in [0.29, 0.717) is 21.7 Å². The fraction of sp³-hybridized carbons (Fsp3) is 0.143. The third-order valence-corrected chi connectivity index (χ3v) is 3.61. The molecular weight excluding hydrogens is 291 g/mol. The number of hydrogen-bond acceptors (Lipinski definition) is 1. The first-order chi connectivity index (χ1) is 8.60. The third-order valence-electron chi connectivity index (χ3n) is 2.58. The SMILES string of the molecule is Cc1cc(Oc2ccc(Cl)c(Cl)c2)ccc1CCl. The van der Waals surface area contributed by atoms with Crippen molar-refractivity contribution in [2.75, 3.05) is 0 Å². The zero-order chi connectivity index (χ0) is 13.1. The average molecular weight is 302 g/mol. The minimum atomic E-state index is 0.475.